The van der Waals surface area contributed by atoms with Crippen LogP contribution in [0.3, 0.4) is 0 Å². The van der Waals surface area contributed by atoms with E-state index in [1.165, 1.54) is 55.4 Å². The standard InChI is InChI=1S/C32H36N2/c1-31(2,3)25-13-15-27-23(17-25)19-29(33(27)7)21-9-11-22(12-10-21)30-20-24-18-26(32(4,5)6)14-16-28(24)34(30)8/h9-20H,1-8H3. The summed E-state index contributed by atoms with van der Waals surface area (Å²) in [7, 11) is 4.33. The molecule has 2 nitrogen and oxygen atoms in total. The largest absolute Gasteiger partial charge is 0.344 e. The molecular formula is C32H36N2. The fourth-order valence-electron chi connectivity index (χ4n) is 5.00. The lowest BCUT2D eigenvalue weighted by atomic mass is 9.86. The maximum atomic E-state index is 2.34. The monoisotopic (exact) mass is 448 g/mol. The average molecular weight is 449 g/mol. The van der Waals surface area contributed by atoms with Crippen LogP contribution in [0, 0.1) is 0 Å². The maximum Gasteiger partial charge on any atom is 0.0488 e. The predicted octanol–water partition coefficient (Wildman–Crippen LogP) is 8.60. The zero-order valence-corrected chi connectivity index (χ0v) is 21.8. The fourth-order valence-corrected chi connectivity index (χ4v) is 5.00. The molecule has 0 atom stereocenters. The molecule has 0 N–H and O–H groups in total. The molecule has 3 aromatic carbocycles. The van der Waals surface area contributed by atoms with E-state index >= 15 is 0 Å². The fraction of sp³-hybridized carbons (Fsp3) is 0.312. The van der Waals surface area contributed by atoms with E-state index in [0.717, 1.165) is 0 Å². The van der Waals surface area contributed by atoms with Gasteiger partial charge in [-0.2, -0.15) is 0 Å². The quantitative estimate of drug-likeness (QED) is 0.256. The van der Waals surface area contributed by atoms with Crippen LogP contribution in [0.5, 0.6) is 0 Å². The molecule has 34 heavy (non-hydrogen) atoms. The van der Waals surface area contributed by atoms with Gasteiger partial charge in [-0.05, 0) is 69.5 Å². The van der Waals surface area contributed by atoms with E-state index in [0.29, 0.717) is 0 Å². The average Bonchev–Trinajstić information content (AvgIpc) is 3.29. The van der Waals surface area contributed by atoms with Crippen LogP contribution in [0.4, 0.5) is 0 Å². The number of aryl methyl sites for hydroxylation is 2. The van der Waals surface area contributed by atoms with Crippen molar-refractivity contribution in [2.24, 2.45) is 14.1 Å². The topological polar surface area (TPSA) is 9.86 Å². The van der Waals surface area contributed by atoms with Gasteiger partial charge in [0.15, 0.2) is 0 Å². The van der Waals surface area contributed by atoms with Crippen molar-refractivity contribution in [1.82, 2.24) is 9.13 Å². The number of benzene rings is 3. The van der Waals surface area contributed by atoms with Gasteiger partial charge in [-0.1, -0.05) is 77.9 Å². The highest BCUT2D eigenvalue weighted by atomic mass is 15.0. The molecule has 0 fully saturated rings. The van der Waals surface area contributed by atoms with Crippen molar-refractivity contribution in [3.8, 4) is 22.5 Å². The van der Waals surface area contributed by atoms with Crippen LogP contribution in [-0.2, 0) is 24.9 Å². The molecule has 0 bridgehead atoms. The van der Waals surface area contributed by atoms with Crippen molar-refractivity contribution in [2.75, 3.05) is 0 Å². The van der Waals surface area contributed by atoms with Gasteiger partial charge in [-0.25, -0.2) is 0 Å². The molecule has 0 aliphatic heterocycles. The highest BCUT2D eigenvalue weighted by Crippen LogP contribution is 2.34. The van der Waals surface area contributed by atoms with E-state index in [1.807, 2.05) is 0 Å². The summed E-state index contributed by atoms with van der Waals surface area (Å²) in [5.74, 6) is 0. The Morgan fingerprint density at radius 1 is 0.471 bits per heavy atom. The van der Waals surface area contributed by atoms with Crippen LogP contribution in [0.1, 0.15) is 52.7 Å². The zero-order valence-electron chi connectivity index (χ0n) is 21.8. The van der Waals surface area contributed by atoms with Crippen LogP contribution in [-0.4, -0.2) is 9.13 Å². The molecule has 0 spiro atoms. The van der Waals surface area contributed by atoms with Crippen LogP contribution in [0.15, 0.2) is 72.8 Å². The highest BCUT2D eigenvalue weighted by Gasteiger charge is 2.17. The van der Waals surface area contributed by atoms with E-state index in [4.69, 9.17) is 0 Å². The van der Waals surface area contributed by atoms with Gasteiger partial charge in [-0.3, -0.25) is 0 Å². The van der Waals surface area contributed by atoms with Gasteiger partial charge in [0.25, 0.3) is 0 Å². The molecule has 174 valence electrons. The number of fused-ring (bicyclic) bond motifs is 2. The molecule has 5 rings (SSSR count). The maximum absolute atomic E-state index is 2.34. The number of hydrogen-bond donors (Lipinski definition) is 0. The molecule has 2 aromatic heterocycles. The SMILES string of the molecule is Cn1c(-c2ccc(-c3cc4cc(C(C)(C)C)ccc4n3C)cc2)cc2cc(C(C)(C)C)ccc21. The third-order valence-corrected chi connectivity index (χ3v) is 7.29. The Kier molecular flexibility index (Phi) is 5.06. The second-order valence-corrected chi connectivity index (χ2v) is 11.8. The molecule has 2 heterocycles. The van der Waals surface area contributed by atoms with Gasteiger partial charge in [0.05, 0.1) is 0 Å². The lowest BCUT2D eigenvalue weighted by Gasteiger charge is -2.19. The van der Waals surface area contributed by atoms with Crippen molar-refractivity contribution >= 4 is 21.8 Å². The molecule has 0 saturated heterocycles. The second kappa shape index (κ2) is 7.63. The summed E-state index contributed by atoms with van der Waals surface area (Å²) in [6, 6.07) is 27.4. The summed E-state index contributed by atoms with van der Waals surface area (Å²) in [6.45, 7) is 13.6. The van der Waals surface area contributed by atoms with Crippen LogP contribution < -0.4 is 0 Å². The molecule has 0 radical (unpaired) electrons. The lowest BCUT2D eigenvalue weighted by molar-refractivity contribution is 0.591. The van der Waals surface area contributed by atoms with Crippen molar-refractivity contribution in [1.29, 1.82) is 0 Å². The zero-order chi connectivity index (χ0) is 24.4. The summed E-state index contributed by atoms with van der Waals surface area (Å²) in [4.78, 5) is 0. The van der Waals surface area contributed by atoms with E-state index in [9.17, 15) is 0 Å². The first-order valence-electron chi connectivity index (χ1n) is 12.2. The van der Waals surface area contributed by atoms with Crippen LogP contribution in [0.25, 0.3) is 44.3 Å². The smallest absolute Gasteiger partial charge is 0.0488 e. The number of aromatic nitrogens is 2. The van der Waals surface area contributed by atoms with Gasteiger partial charge in [0, 0.05) is 47.3 Å². The third kappa shape index (κ3) is 3.76. The molecule has 0 aliphatic carbocycles. The minimum absolute atomic E-state index is 0.151. The molecule has 5 aromatic rings. The first kappa shape index (κ1) is 22.5. The van der Waals surface area contributed by atoms with E-state index < -0.39 is 0 Å². The first-order valence-corrected chi connectivity index (χ1v) is 12.2. The minimum atomic E-state index is 0.151. The van der Waals surface area contributed by atoms with E-state index in [2.05, 4.69) is 138 Å². The van der Waals surface area contributed by atoms with Crippen molar-refractivity contribution in [3.63, 3.8) is 0 Å². The van der Waals surface area contributed by atoms with Crippen molar-refractivity contribution in [3.05, 3.63) is 83.9 Å². The van der Waals surface area contributed by atoms with Crippen molar-refractivity contribution in [2.45, 2.75) is 52.4 Å². The van der Waals surface area contributed by atoms with Gasteiger partial charge in [-0.15, -0.1) is 0 Å². The first-order chi connectivity index (χ1) is 15.9. The Bertz CT molecular complexity index is 1390. The summed E-state index contributed by atoms with van der Waals surface area (Å²) in [5, 5.41) is 2.61. The highest BCUT2D eigenvalue weighted by molar-refractivity contribution is 5.90. The summed E-state index contributed by atoms with van der Waals surface area (Å²) < 4.78 is 4.61. The number of hydrogen-bond acceptors (Lipinski definition) is 0. The Balaban J connectivity index is 1.53. The molecule has 0 amide bonds. The van der Waals surface area contributed by atoms with Crippen molar-refractivity contribution < 1.29 is 0 Å². The van der Waals surface area contributed by atoms with Gasteiger partial charge >= 0.3 is 0 Å². The van der Waals surface area contributed by atoms with E-state index in [1.54, 1.807) is 0 Å². The lowest BCUT2D eigenvalue weighted by Crippen LogP contribution is -2.10. The summed E-state index contributed by atoms with van der Waals surface area (Å²) in [6.07, 6.45) is 0. The van der Waals surface area contributed by atoms with Crippen LogP contribution >= 0.6 is 0 Å². The Labute approximate surface area is 203 Å². The summed E-state index contributed by atoms with van der Waals surface area (Å²) >= 11 is 0. The second-order valence-electron chi connectivity index (χ2n) is 11.8. The van der Waals surface area contributed by atoms with E-state index in [-0.39, 0.29) is 10.8 Å². The summed E-state index contributed by atoms with van der Waals surface area (Å²) in [5.41, 5.74) is 10.6. The molecule has 0 saturated carbocycles. The minimum Gasteiger partial charge on any atom is -0.344 e. The van der Waals surface area contributed by atoms with Crippen LogP contribution in [0.2, 0.25) is 0 Å². The molecular weight excluding hydrogens is 412 g/mol. The number of rotatable bonds is 2. The Hall–Kier alpha value is -3.26. The number of nitrogens with zero attached hydrogens (tertiary/aromatic N) is 2. The van der Waals surface area contributed by atoms with Gasteiger partial charge in [0.2, 0.25) is 0 Å². The third-order valence-electron chi connectivity index (χ3n) is 7.29. The Morgan fingerprint density at radius 2 is 0.824 bits per heavy atom. The predicted molar refractivity (Wildman–Crippen MR) is 148 cm³/mol. The molecule has 2 heteroatoms. The van der Waals surface area contributed by atoms with Gasteiger partial charge in [0.1, 0.15) is 0 Å². The molecule has 0 aliphatic rings. The normalized spacial score (nSPS) is 12.7. The molecule has 0 unspecified atom stereocenters. The van der Waals surface area contributed by atoms with Gasteiger partial charge < -0.3 is 9.13 Å². The Morgan fingerprint density at radius 3 is 1.15 bits per heavy atom.